The van der Waals surface area contributed by atoms with E-state index in [1.165, 1.54) is 12.8 Å². The molecule has 0 radical (unpaired) electrons. The smallest absolute Gasteiger partial charge is 0.335 e. The van der Waals surface area contributed by atoms with E-state index in [1.807, 2.05) is 24.3 Å². The van der Waals surface area contributed by atoms with E-state index in [-0.39, 0.29) is 11.7 Å². The van der Waals surface area contributed by atoms with Gasteiger partial charge in [0.05, 0.1) is 18.8 Å². The average molecular weight is 327 g/mol. The third-order valence-electron chi connectivity index (χ3n) is 4.16. The quantitative estimate of drug-likeness (QED) is 0.820. The Balaban J connectivity index is 1.80. The van der Waals surface area contributed by atoms with Gasteiger partial charge in [-0.1, -0.05) is 6.07 Å². The van der Waals surface area contributed by atoms with Crippen molar-refractivity contribution in [3.05, 3.63) is 48.0 Å². The topological polar surface area (TPSA) is 67.8 Å². The van der Waals surface area contributed by atoms with Gasteiger partial charge in [0.25, 0.3) is 0 Å². The molecule has 0 aliphatic heterocycles. The van der Waals surface area contributed by atoms with Crippen LogP contribution in [0.25, 0.3) is 0 Å². The fourth-order valence-corrected chi connectivity index (χ4v) is 2.93. The van der Waals surface area contributed by atoms with Gasteiger partial charge in [0.15, 0.2) is 11.5 Å². The number of hydrogen-bond donors (Lipinski definition) is 2. The maximum Gasteiger partial charge on any atom is 0.335 e. The summed E-state index contributed by atoms with van der Waals surface area (Å²) in [6.07, 6.45) is 4.78. The van der Waals surface area contributed by atoms with Crippen molar-refractivity contribution in [2.24, 2.45) is 0 Å². The molecule has 126 valence electrons. The molecule has 2 N–H and O–H groups in total. The van der Waals surface area contributed by atoms with Crippen molar-refractivity contribution in [3.63, 3.8) is 0 Å². The predicted octanol–water partition coefficient (Wildman–Crippen LogP) is 4.46. The second-order valence-corrected chi connectivity index (χ2v) is 5.90. The van der Waals surface area contributed by atoms with Crippen LogP contribution in [0, 0.1) is 0 Å². The van der Waals surface area contributed by atoms with Crippen LogP contribution in [0.15, 0.2) is 42.5 Å². The summed E-state index contributed by atoms with van der Waals surface area (Å²) >= 11 is 0. The first kappa shape index (κ1) is 16.2. The van der Waals surface area contributed by atoms with Crippen LogP contribution < -0.4 is 14.8 Å². The second kappa shape index (κ2) is 7.25. The highest BCUT2D eigenvalue weighted by molar-refractivity contribution is 5.89. The van der Waals surface area contributed by atoms with Crippen molar-refractivity contribution in [2.45, 2.75) is 31.8 Å². The number of anilines is 2. The molecule has 0 spiro atoms. The van der Waals surface area contributed by atoms with E-state index in [2.05, 4.69) is 5.32 Å². The fourth-order valence-electron chi connectivity index (χ4n) is 2.93. The highest BCUT2D eigenvalue weighted by Crippen LogP contribution is 2.34. The van der Waals surface area contributed by atoms with Gasteiger partial charge in [-0.25, -0.2) is 4.79 Å². The second-order valence-electron chi connectivity index (χ2n) is 5.90. The molecule has 0 atom stereocenters. The van der Waals surface area contributed by atoms with Crippen LogP contribution >= 0.6 is 0 Å². The van der Waals surface area contributed by atoms with Gasteiger partial charge in [-0.15, -0.1) is 0 Å². The molecule has 2 aromatic carbocycles. The molecule has 5 heteroatoms. The van der Waals surface area contributed by atoms with Crippen LogP contribution in [-0.2, 0) is 0 Å². The molecule has 5 nitrogen and oxygen atoms in total. The Hall–Kier alpha value is -2.69. The Kier molecular flexibility index (Phi) is 4.89. The Labute approximate surface area is 141 Å². The summed E-state index contributed by atoms with van der Waals surface area (Å²) in [5.41, 5.74) is 1.79. The van der Waals surface area contributed by atoms with E-state index in [4.69, 9.17) is 14.6 Å². The molecule has 2 aromatic rings. The van der Waals surface area contributed by atoms with Crippen molar-refractivity contribution >= 4 is 17.3 Å². The Morgan fingerprint density at radius 2 is 1.83 bits per heavy atom. The molecule has 0 heterocycles. The Morgan fingerprint density at radius 1 is 1.08 bits per heavy atom. The lowest BCUT2D eigenvalue weighted by Gasteiger charge is -2.17. The van der Waals surface area contributed by atoms with Gasteiger partial charge in [0.1, 0.15) is 0 Å². The van der Waals surface area contributed by atoms with E-state index in [0.717, 1.165) is 18.5 Å². The molecule has 0 amide bonds. The molecule has 1 aliphatic carbocycles. The number of carboxylic acid groups (broad SMARTS) is 1. The highest BCUT2D eigenvalue weighted by Gasteiger charge is 2.18. The Morgan fingerprint density at radius 3 is 2.54 bits per heavy atom. The molecule has 0 unspecified atom stereocenters. The fraction of sp³-hybridized carbons (Fsp3) is 0.316. The van der Waals surface area contributed by atoms with Gasteiger partial charge in [0, 0.05) is 17.4 Å². The summed E-state index contributed by atoms with van der Waals surface area (Å²) < 4.78 is 11.5. The third-order valence-corrected chi connectivity index (χ3v) is 4.16. The number of rotatable bonds is 6. The van der Waals surface area contributed by atoms with E-state index in [0.29, 0.717) is 17.2 Å². The van der Waals surface area contributed by atoms with E-state index in [1.54, 1.807) is 25.3 Å². The van der Waals surface area contributed by atoms with Gasteiger partial charge < -0.3 is 19.9 Å². The molecule has 3 rings (SSSR count). The first-order chi connectivity index (χ1) is 11.7. The highest BCUT2D eigenvalue weighted by atomic mass is 16.5. The van der Waals surface area contributed by atoms with Crippen molar-refractivity contribution in [1.29, 1.82) is 0 Å². The molecule has 0 saturated heterocycles. The summed E-state index contributed by atoms with van der Waals surface area (Å²) in [5, 5.41) is 12.3. The molecule has 1 saturated carbocycles. The van der Waals surface area contributed by atoms with Crippen LogP contribution in [0.3, 0.4) is 0 Å². The minimum atomic E-state index is -0.946. The lowest BCUT2D eigenvalue weighted by atomic mass is 10.2. The molecule has 1 fully saturated rings. The largest absolute Gasteiger partial charge is 0.493 e. The Bertz CT molecular complexity index is 723. The van der Waals surface area contributed by atoms with Gasteiger partial charge >= 0.3 is 5.97 Å². The maximum atomic E-state index is 11.1. The molecule has 0 bridgehead atoms. The maximum absolute atomic E-state index is 11.1. The minimum absolute atomic E-state index is 0.240. The summed E-state index contributed by atoms with van der Waals surface area (Å²) in [4.78, 5) is 11.1. The van der Waals surface area contributed by atoms with Gasteiger partial charge in [0.2, 0.25) is 0 Å². The van der Waals surface area contributed by atoms with E-state index in [9.17, 15) is 4.79 Å². The number of benzene rings is 2. The van der Waals surface area contributed by atoms with E-state index < -0.39 is 5.97 Å². The predicted molar refractivity (Wildman–Crippen MR) is 92.6 cm³/mol. The number of carbonyl (C=O) groups is 1. The summed E-state index contributed by atoms with van der Waals surface area (Å²) in [5.74, 6) is 0.467. The number of aromatic carboxylic acids is 1. The van der Waals surface area contributed by atoms with E-state index >= 15 is 0 Å². The van der Waals surface area contributed by atoms with Crippen LogP contribution in [0.4, 0.5) is 11.4 Å². The van der Waals surface area contributed by atoms with Crippen molar-refractivity contribution in [3.8, 4) is 11.5 Å². The molecular formula is C19H21NO4. The standard InChI is InChI=1S/C19H21NO4/c1-23-17-10-9-15(12-18(17)24-16-7-2-3-8-16)20-14-6-4-5-13(11-14)19(21)22/h4-6,9-12,16,20H,2-3,7-8H2,1H3,(H,21,22). The van der Waals surface area contributed by atoms with Crippen LogP contribution in [0.5, 0.6) is 11.5 Å². The first-order valence-electron chi connectivity index (χ1n) is 8.11. The van der Waals surface area contributed by atoms with Crippen LogP contribution in [0.2, 0.25) is 0 Å². The molecule has 0 aromatic heterocycles. The minimum Gasteiger partial charge on any atom is -0.493 e. The van der Waals surface area contributed by atoms with Crippen LogP contribution in [-0.4, -0.2) is 24.3 Å². The zero-order valence-corrected chi connectivity index (χ0v) is 13.6. The SMILES string of the molecule is COc1ccc(Nc2cccc(C(=O)O)c2)cc1OC1CCCC1. The van der Waals surface area contributed by atoms with Gasteiger partial charge in [-0.05, 0) is 56.0 Å². The summed E-state index contributed by atoms with van der Waals surface area (Å²) in [6, 6.07) is 12.3. The zero-order valence-electron chi connectivity index (χ0n) is 13.6. The number of nitrogens with one attached hydrogen (secondary N) is 1. The number of methoxy groups -OCH3 is 1. The molecule has 1 aliphatic rings. The first-order valence-corrected chi connectivity index (χ1v) is 8.11. The third kappa shape index (κ3) is 3.79. The molecular weight excluding hydrogens is 306 g/mol. The number of carboxylic acids is 1. The summed E-state index contributed by atoms with van der Waals surface area (Å²) in [6.45, 7) is 0. The van der Waals surface area contributed by atoms with Gasteiger partial charge in [-0.2, -0.15) is 0 Å². The zero-order chi connectivity index (χ0) is 16.9. The summed E-state index contributed by atoms with van der Waals surface area (Å²) in [7, 11) is 1.63. The van der Waals surface area contributed by atoms with Crippen molar-refractivity contribution in [1.82, 2.24) is 0 Å². The number of ether oxygens (including phenoxy) is 2. The number of hydrogen-bond acceptors (Lipinski definition) is 4. The lowest BCUT2D eigenvalue weighted by molar-refractivity contribution is 0.0697. The molecule has 24 heavy (non-hydrogen) atoms. The van der Waals surface area contributed by atoms with Crippen LogP contribution in [0.1, 0.15) is 36.0 Å². The van der Waals surface area contributed by atoms with Gasteiger partial charge in [-0.3, -0.25) is 0 Å². The van der Waals surface area contributed by atoms with Crippen molar-refractivity contribution < 1.29 is 19.4 Å². The monoisotopic (exact) mass is 327 g/mol. The normalized spacial score (nSPS) is 14.4. The lowest BCUT2D eigenvalue weighted by Crippen LogP contribution is -2.11. The van der Waals surface area contributed by atoms with Crippen molar-refractivity contribution in [2.75, 3.05) is 12.4 Å². The average Bonchev–Trinajstić information content (AvgIpc) is 3.08.